The summed E-state index contributed by atoms with van der Waals surface area (Å²) in [6, 6.07) is 5.99. The molecule has 1 heterocycles. The number of hydrogen-bond donors (Lipinski definition) is 0. The Balaban J connectivity index is 2.46. The fraction of sp³-hybridized carbons (Fsp3) is 0.231. The van der Waals surface area contributed by atoms with Crippen LogP contribution in [0.3, 0.4) is 0 Å². The van der Waals surface area contributed by atoms with Crippen LogP contribution in [0.4, 0.5) is 0 Å². The minimum absolute atomic E-state index is 0.568. The molecule has 0 unspecified atom stereocenters. The van der Waals surface area contributed by atoms with Gasteiger partial charge in [0, 0.05) is 0 Å². The Morgan fingerprint density at radius 1 is 1.38 bits per heavy atom. The van der Waals surface area contributed by atoms with E-state index in [2.05, 4.69) is 16.5 Å². The van der Waals surface area contributed by atoms with Crippen LogP contribution in [0.2, 0.25) is 0 Å². The standard InChI is InChI=1S/C13H14N2O/c1-4-16-10(3)13-8-14-11-6-5-9(2)7-12(11)15-13/h5-8H,3-4H2,1-2H3. The van der Waals surface area contributed by atoms with E-state index in [0.717, 1.165) is 11.0 Å². The normalized spacial score (nSPS) is 10.4. The second-order valence-corrected chi connectivity index (χ2v) is 3.60. The molecule has 3 nitrogen and oxygen atoms in total. The molecule has 16 heavy (non-hydrogen) atoms. The van der Waals surface area contributed by atoms with Crippen molar-refractivity contribution in [2.24, 2.45) is 0 Å². The van der Waals surface area contributed by atoms with E-state index in [9.17, 15) is 0 Å². The molecule has 0 atom stereocenters. The van der Waals surface area contributed by atoms with Gasteiger partial charge in [-0.2, -0.15) is 0 Å². The third-order valence-electron chi connectivity index (χ3n) is 2.30. The summed E-state index contributed by atoms with van der Waals surface area (Å²) in [5, 5.41) is 0. The molecule has 0 aliphatic heterocycles. The molecule has 0 fully saturated rings. The van der Waals surface area contributed by atoms with E-state index in [0.29, 0.717) is 18.1 Å². The van der Waals surface area contributed by atoms with Crippen LogP contribution >= 0.6 is 0 Å². The maximum Gasteiger partial charge on any atom is 0.139 e. The molecular weight excluding hydrogens is 200 g/mol. The molecule has 0 amide bonds. The van der Waals surface area contributed by atoms with Crippen LogP contribution in [0.25, 0.3) is 16.8 Å². The predicted octanol–water partition coefficient (Wildman–Crippen LogP) is 2.95. The zero-order valence-electron chi connectivity index (χ0n) is 9.53. The van der Waals surface area contributed by atoms with Gasteiger partial charge in [0.2, 0.25) is 0 Å². The van der Waals surface area contributed by atoms with Gasteiger partial charge in [-0.3, -0.25) is 4.98 Å². The quantitative estimate of drug-likeness (QED) is 0.737. The number of fused-ring (bicyclic) bond motifs is 1. The van der Waals surface area contributed by atoms with E-state index in [1.54, 1.807) is 6.20 Å². The Hall–Kier alpha value is -1.90. The maximum atomic E-state index is 5.31. The van der Waals surface area contributed by atoms with Crippen LogP contribution in [-0.2, 0) is 4.74 Å². The van der Waals surface area contributed by atoms with Crippen molar-refractivity contribution in [3.8, 4) is 0 Å². The number of nitrogens with zero attached hydrogens (tertiary/aromatic N) is 2. The SMILES string of the molecule is C=C(OCC)c1cnc2ccc(C)cc2n1. The fourth-order valence-corrected chi connectivity index (χ4v) is 1.50. The lowest BCUT2D eigenvalue weighted by Crippen LogP contribution is -1.95. The smallest absolute Gasteiger partial charge is 0.139 e. The van der Waals surface area contributed by atoms with E-state index < -0.39 is 0 Å². The molecule has 0 spiro atoms. The molecule has 0 N–H and O–H groups in total. The highest BCUT2D eigenvalue weighted by molar-refractivity contribution is 5.76. The van der Waals surface area contributed by atoms with Crippen molar-refractivity contribution in [2.75, 3.05) is 6.61 Å². The van der Waals surface area contributed by atoms with Crippen molar-refractivity contribution in [3.63, 3.8) is 0 Å². The molecule has 0 radical (unpaired) electrons. The van der Waals surface area contributed by atoms with Crippen LogP contribution in [-0.4, -0.2) is 16.6 Å². The largest absolute Gasteiger partial charge is 0.492 e. The Labute approximate surface area is 94.8 Å². The maximum absolute atomic E-state index is 5.31. The molecular formula is C13H14N2O. The van der Waals surface area contributed by atoms with Crippen molar-refractivity contribution in [1.29, 1.82) is 0 Å². The Bertz CT molecular complexity index is 534. The Kier molecular flexibility index (Phi) is 2.86. The number of hydrogen-bond acceptors (Lipinski definition) is 3. The van der Waals surface area contributed by atoms with E-state index in [-0.39, 0.29) is 0 Å². The highest BCUT2D eigenvalue weighted by atomic mass is 16.5. The van der Waals surface area contributed by atoms with Gasteiger partial charge in [0.05, 0.1) is 23.8 Å². The van der Waals surface area contributed by atoms with Gasteiger partial charge in [-0.05, 0) is 31.5 Å². The van der Waals surface area contributed by atoms with Gasteiger partial charge in [-0.25, -0.2) is 4.98 Å². The van der Waals surface area contributed by atoms with Gasteiger partial charge < -0.3 is 4.74 Å². The summed E-state index contributed by atoms with van der Waals surface area (Å²) in [4.78, 5) is 8.79. The van der Waals surface area contributed by atoms with Crippen LogP contribution in [0.15, 0.2) is 31.0 Å². The van der Waals surface area contributed by atoms with Gasteiger partial charge >= 0.3 is 0 Å². The van der Waals surface area contributed by atoms with Gasteiger partial charge in [-0.15, -0.1) is 0 Å². The first-order valence-electron chi connectivity index (χ1n) is 5.26. The molecule has 0 aliphatic carbocycles. The van der Waals surface area contributed by atoms with E-state index in [1.165, 1.54) is 5.56 Å². The first-order chi connectivity index (χ1) is 7.70. The number of aryl methyl sites for hydroxylation is 1. The first kappa shape index (κ1) is 10.6. The van der Waals surface area contributed by atoms with Crippen molar-refractivity contribution in [3.05, 3.63) is 42.2 Å². The molecule has 0 aliphatic rings. The Morgan fingerprint density at radius 3 is 2.94 bits per heavy atom. The number of aromatic nitrogens is 2. The van der Waals surface area contributed by atoms with Gasteiger partial charge in [0.15, 0.2) is 0 Å². The number of ether oxygens (including phenoxy) is 1. The molecule has 1 aromatic carbocycles. The highest BCUT2D eigenvalue weighted by Crippen LogP contribution is 2.16. The van der Waals surface area contributed by atoms with Crippen LogP contribution in [0.5, 0.6) is 0 Å². The van der Waals surface area contributed by atoms with Crippen molar-refractivity contribution in [2.45, 2.75) is 13.8 Å². The average Bonchev–Trinajstić information content (AvgIpc) is 2.28. The number of rotatable bonds is 3. The van der Waals surface area contributed by atoms with Crippen LogP contribution in [0, 0.1) is 6.92 Å². The lowest BCUT2D eigenvalue weighted by Gasteiger charge is -2.06. The Morgan fingerprint density at radius 2 is 2.19 bits per heavy atom. The van der Waals surface area contributed by atoms with Gasteiger partial charge in [0.25, 0.3) is 0 Å². The fourth-order valence-electron chi connectivity index (χ4n) is 1.50. The summed E-state index contributed by atoms with van der Waals surface area (Å²) in [7, 11) is 0. The zero-order chi connectivity index (χ0) is 11.5. The first-order valence-corrected chi connectivity index (χ1v) is 5.26. The molecule has 0 bridgehead atoms. The molecule has 2 aromatic rings. The summed E-state index contributed by atoms with van der Waals surface area (Å²) >= 11 is 0. The molecule has 2 rings (SSSR count). The van der Waals surface area contributed by atoms with Gasteiger partial charge in [0.1, 0.15) is 11.5 Å². The van der Waals surface area contributed by atoms with E-state index in [1.807, 2.05) is 32.0 Å². The third-order valence-corrected chi connectivity index (χ3v) is 2.30. The second-order valence-electron chi connectivity index (χ2n) is 3.60. The summed E-state index contributed by atoms with van der Waals surface area (Å²) in [5.74, 6) is 0.568. The zero-order valence-corrected chi connectivity index (χ0v) is 9.53. The highest BCUT2D eigenvalue weighted by Gasteiger charge is 2.04. The monoisotopic (exact) mass is 214 g/mol. The minimum Gasteiger partial charge on any atom is -0.492 e. The van der Waals surface area contributed by atoms with Crippen molar-refractivity contribution >= 4 is 16.8 Å². The second kappa shape index (κ2) is 4.31. The average molecular weight is 214 g/mol. The minimum atomic E-state index is 0.568. The lowest BCUT2D eigenvalue weighted by molar-refractivity contribution is 0.298. The van der Waals surface area contributed by atoms with Crippen LogP contribution < -0.4 is 0 Å². The molecule has 0 saturated carbocycles. The summed E-state index contributed by atoms with van der Waals surface area (Å²) < 4.78 is 5.31. The molecule has 1 aromatic heterocycles. The van der Waals surface area contributed by atoms with E-state index in [4.69, 9.17) is 4.74 Å². The van der Waals surface area contributed by atoms with Crippen LogP contribution in [0.1, 0.15) is 18.2 Å². The van der Waals surface area contributed by atoms with Crippen molar-refractivity contribution < 1.29 is 4.74 Å². The van der Waals surface area contributed by atoms with E-state index >= 15 is 0 Å². The van der Waals surface area contributed by atoms with Gasteiger partial charge in [-0.1, -0.05) is 12.6 Å². The summed E-state index contributed by atoms with van der Waals surface area (Å²) in [6.07, 6.45) is 1.69. The lowest BCUT2D eigenvalue weighted by atomic mass is 10.2. The summed E-state index contributed by atoms with van der Waals surface area (Å²) in [5.41, 5.74) is 3.62. The molecule has 3 heteroatoms. The topological polar surface area (TPSA) is 35.0 Å². The summed E-state index contributed by atoms with van der Waals surface area (Å²) in [6.45, 7) is 8.36. The molecule has 0 saturated heterocycles. The van der Waals surface area contributed by atoms with Crippen molar-refractivity contribution in [1.82, 2.24) is 9.97 Å². The molecule has 82 valence electrons. The number of benzene rings is 1. The predicted molar refractivity (Wildman–Crippen MR) is 64.9 cm³/mol. The third kappa shape index (κ3) is 2.03.